The Morgan fingerprint density at radius 1 is 1.53 bits per heavy atom. The third-order valence-electron chi connectivity index (χ3n) is 2.51. The SMILES string of the molecule is Cc1nc(CCNC(=O)c2cc(Cl)ccc2Br)cs1. The van der Waals surface area contributed by atoms with Gasteiger partial charge in [0, 0.05) is 27.8 Å². The van der Waals surface area contributed by atoms with E-state index in [1.54, 1.807) is 29.5 Å². The number of aryl methyl sites for hydroxylation is 1. The maximum atomic E-state index is 12.0. The van der Waals surface area contributed by atoms with E-state index in [0.717, 1.165) is 21.6 Å². The van der Waals surface area contributed by atoms with Crippen molar-refractivity contribution in [2.45, 2.75) is 13.3 Å². The van der Waals surface area contributed by atoms with E-state index >= 15 is 0 Å². The molecule has 0 atom stereocenters. The smallest absolute Gasteiger partial charge is 0.252 e. The van der Waals surface area contributed by atoms with Crippen LogP contribution >= 0.6 is 38.9 Å². The molecule has 2 rings (SSSR count). The van der Waals surface area contributed by atoms with Crippen LogP contribution in [0.5, 0.6) is 0 Å². The van der Waals surface area contributed by atoms with Crippen LogP contribution in [0.3, 0.4) is 0 Å². The Balaban J connectivity index is 1.92. The van der Waals surface area contributed by atoms with Crippen LogP contribution in [0.15, 0.2) is 28.1 Å². The maximum absolute atomic E-state index is 12.0. The number of rotatable bonds is 4. The van der Waals surface area contributed by atoms with E-state index in [0.29, 0.717) is 17.1 Å². The fourth-order valence-electron chi connectivity index (χ4n) is 1.59. The molecule has 19 heavy (non-hydrogen) atoms. The molecule has 0 radical (unpaired) electrons. The molecule has 100 valence electrons. The van der Waals surface area contributed by atoms with Crippen molar-refractivity contribution in [2.24, 2.45) is 0 Å². The Hall–Kier alpha value is -0.910. The number of nitrogens with zero attached hydrogens (tertiary/aromatic N) is 1. The second-order valence-electron chi connectivity index (χ2n) is 3.99. The molecule has 1 aromatic carbocycles. The van der Waals surface area contributed by atoms with Gasteiger partial charge in [0.1, 0.15) is 0 Å². The van der Waals surface area contributed by atoms with Gasteiger partial charge in [-0.25, -0.2) is 4.98 Å². The molecule has 0 aliphatic rings. The molecule has 0 bridgehead atoms. The summed E-state index contributed by atoms with van der Waals surface area (Å²) in [6.07, 6.45) is 0.730. The number of hydrogen-bond acceptors (Lipinski definition) is 3. The van der Waals surface area contributed by atoms with Gasteiger partial charge < -0.3 is 5.32 Å². The number of nitrogens with one attached hydrogen (secondary N) is 1. The predicted molar refractivity (Wildman–Crippen MR) is 82.0 cm³/mol. The zero-order chi connectivity index (χ0) is 13.8. The number of aromatic nitrogens is 1. The van der Waals surface area contributed by atoms with Crippen molar-refractivity contribution in [3.63, 3.8) is 0 Å². The highest BCUT2D eigenvalue weighted by Crippen LogP contribution is 2.21. The van der Waals surface area contributed by atoms with Crippen LogP contribution in [-0.2, 0) is 6.42 Å². The van der Waals surface area contributed by atoms with Crippen molar-refractivity contribution in [1.29, 1.82) is 0 Å². The average molecular weight is 360 g/mol. The monoisotopic (exact) mass is 358 g/mol. The van der Waals surface area contributed by atoms with E-state index in [-0.39, 0.29) is 5.91 Å². The zero-order valence-electron chi connectivity index (χ0n) is 10.2. The predicted octanol–water partition coefficient (Wildman–Crippen LogP) is 3.84. The number of carbonyl (C=O) groups is 1. The third kappa shape index (κ3) is 4.03. The largest absolute Gasteiger partial charge is 0.352 e. The Morgan fingerprint density at radius 3 is 3.00 bits per heavy atom. The first-order chi connectivity index (χ1) is 9.06. The Morgan fingerprint density at radius 2 is 2.32 bits per heavy atom. The van der Waals surface area contributed by atoms with Gasteiger partial charge in [-0.05, 0) is 41.1 Å². The van der Waals surface area contributed by atoms with Crippen molar-refractivity contribution in [2.75, 3.05) is 6.54 Å². The Labute approximate surface area is 129 Å². The van der Waals surface area contributed by atoms with Gasteiger partial charge >= 0.3 is 0 Å². The van der Waals surface area contributed by atoms with Crippen LogP contribution in [0.1, 0.15) is 21.1 Å². The lowest BCUT2D eigenvalue weighted by Crippen LogP contribution is -2.26. The Kier molecular flexibility index (Phi) is 4.96. The molecule has 0 aliphatic heterocycles. The minimum atomic E-state index is -0.138. The molecule has 1 aromatic heterocycles. The van der Waals surface area contributed by atoms with Gasteiger partial charge in [-0.3, -0.25) is 4.79 Å². The summed E-state index contributed by atoms with van der Waals surface area (Å²) < 4.78 is 0.735. The van der Waals surface area contributed by atoms with E-state index in [2.05, 4.69) is 26.2 Å². The molecule has 6 heteroatoms. The van der Waals surface area contributed by atoms with E-state index in [1.165, 1.54) is 0 Å². The molecule has 0 saturated carbocycles. The number of hydrogen-bond donors (Lipinski definition) is 1. The van der Waals surface area contributed by atoms with E-state index in [1.807, 2.05) is 12.3 Å². The molecular weight excluding hydrogens is 348 g/mol. The van der Waals surface area contributed by atoms with Crippen molar-refractivity contribution < 1.29 is 4.79 Å². The Bertz CT molecular complexity index is 600. The van der Waals surface area contributed by atoms with Crippen LogP contribution in [0.4, 0.5) is 0 Å². The second-order valence-corrected chi connectivity index (χ2v) is 6.34. The summed E-state index contributed by atoms with van der Waals surface area (Å²) >= 11 is 10.8. The van der Waals surface area contributed by atoms with E-state index < -0.39 is 0 Å². The molecule has 3 nitrogen and oxygen atoms in total. The lowest BCUT2D eigenvalue weighted by atomic mass is 10.2. The lowest BCUT2D eigenvalue weighted by Gasteiger charge is -2.06. The molecule has 0 spiro atoms. The summed E-state index contributed by atoms with van der Waals surface area (Å²) in [7, 11) is 0. The van der Waals surface area contributed by atoms with E-state index in [9.17, 15) is 4.79 Å². The highest BCUT2D eigenvalue weighted by molar-refractivity contribution is 9.10. The number of amides is 1. The number of carbonyl (C=O) groups excluding carboxylic acids is 1. The summed E-state index contributed by atoms with van der Waals surface area (Å²) in [4.78, 5) is 16.3. The van der Waals surface area contributed by atoms with Crippen molar-refractivity contribution in [3.05, 3.63) is 49.3 Å². The summed E-state index contributed by atoms with van der Waals surface area (Å²) in [5, 5.41) is 6.46. The van der Waals surface area contributed by atoms with Crippen LogP contribution < -0.4 is 5.32 Å². The number of halogens is 2. The maximum Gasteiger partial charge on any atom is 0.252 e. The number of benzene rings is 1. The molecule has 0 unspecified atom stereocenters. The molecule has 1 N–H and O–H groups in total. The molecule has 0 aliphatic carbocycles. The van der Waals surface area contributed by atoms with Gasteiger partial charge in [-0.1, -0.05) is 11.6 Å². The van der Waals surface area contributed by atoms with Crippen LogP contribution in [0.2, 0.25) is 5.02 Å². The van der Waals surface area contributed by atoms with Gasteiger partial charge in [0.2, 0.25) is 0 Å². The molecule has 2 aromatic rings. The first kappa shape index (κ1) is 14.5. The fraction of sp³-hybridized carbons (Fsp3) is 0.231. The van der Waals surface area contributed by atoms with Gasteiger partial charge in [0.15, 0.2) is 0 Å². The quantitative estimate of drug-likeness (QED) is 0.901. The van der Waals surface area contributed by atoms with Crippen molar-refractivity contribution in [1.82, 2.24) is 10.3 Å². The van der Waals surface area contributed by atoms with Gasteiger partial charge in [-0.2, -0.15) is 0 Å². The lowest BCUT2D eigenvalue weighted by molar-refractivity contribution is 0.0953. The molecule has 0 saturated heterocycles. The standard InChI is InChI=1S/C13H12BrClN2OS/c1-8-17-10(7-19-8)4-5-16-13(18)11-6-9(15)2-3-12(11)14/h2-3,6-7H,4-5H2,1H3,(H,16,18). The molecule has 1 heterocycles. The van der Waals surface area contributed by atoms with Crippen molar-refractivity contribution in [3.8, 4) is 0 Å². The van der Waals surface area contributed by atoms with Crippen LogP contribution in [0.25, 0.3) is 0 Å². The minimum absolute atomic E-state index is 0.138. The third-order valence-corrected chi connectivity index (χ3v) is 4.26. The molecule has 1 amide bonds. The summed E-state index contributed by atoms with van der Waals surface area (Å²) in [6, 6.07) is 5.15. The summed E-state index contributed by atoms with van der Waals surface area (Å²) in [5.41, 5.74) is 1.55. The highest BCUT2D eigenvalue weighted by Gasteiger charge is 2.10. The first-order valence-corrected chi connectivity index (χ1v) is 7.75. The topological polar surface area (TPSA) is 42.0 Å². The minimum Gasteiger partial charge on any atom is -0.352 e. The number of thiazole rings is 1. The fourth-order valence-corrected chi connectivity index (χ4v) is 2.84. The highest BCUT2D eigenvalue weighted by atomic mass is 79.9. The normalized spacial score (nSPS) is 10.5. The molecular formula is C13H12BrClN2OS. The average Bonchev–Trinajstić information content (AvgIpc) is 2.78. The zero-order valence-corrected chi connectivity index (χ0v) is 13.4. The summed E-state index contributed by atoms with van der Waals surface area (Å²) in [5.74, 6) is -0.138. The molecule has 0 fully saturated rings. The first-order valence-electron chi connectivity index (χ1n) is 5.70. The van der Waals surface area contributed by atoms with Crippen LogP contribution in [-0.4, -0.2) is 17.4 Å². The summed E-state index contributed by atoms with van der Waals surface area (Å²) in [6.45, 7) is 2.52. The van der Waals surface area contributed by atoms with Gasteiger partial charge in [-0.15, -0.1) is 11.3 Å². The van der Waals surface area contributed by atoms with Gasteiger partial charge in [0.25, 0.3) is 5.91 Å². The second kappa shape index (κ2) is 6.50. The van der Waals surface area contributed by atoms with Gasteiger partial charge in [0.05, 0.1) is 16.3 Å². The van der Waals surface area contributed by atoms with Crippen molar-refractivity contribution >= 4 is 44.8 Å². The van der Waals surface area contributed by atoms with E-state index in [4.69, 9.17) is 11.6 Å². The van der Waals surface area contributed by atoms with Crippen LogP contribution in [0, 0.1) is 6.92 Å².